The molecule has 4 heteroatoms. The van der Waals surface area contributed by atoms with Gasteiger partial charge in [-0.2, -0.15) is 0 Å². The number of nitrogens with zero attached hydrogens (tertiary/aromatic N) is 3. The first kappa shape index (κ1) is 10.6. The lowest BCUT2D eigenvalue weighted by molar-refractivity contribution is 0.158. The van der Waals surface area contributed by atoms with Crippen LogP contribution in [0.3, 0.4) is 0 Å². The van der Waals surface area contributed by atoms with E-state index in [9.17, 15) is 5.11 Å². The minimum atomic E-state index is -0.562. The maximum atomic E-state index is 9.58. The predicted molar refractivity (Wildman–Crippen MR) is 54.8 cm³/mol. The van der Waals surface area contributed by atoms with E-state index in [1.807, 2.05) is 24.3 Å². The van der Waals surface area contributed by atoms with Crippen molar-refractivity contribution in [3.8, 4) is 0 Å². The molecule has 0 fully saturated rings. The van der Waals surface area contributed by atoms with Crippen LogP contribution in [0.25, 0.3) is 10.4 Å². The summed E-state index contributed by atoms with van der Waals surface area (Å²) >= 11 is 0. The molecule has 0 bridgehead atoms. The summed E-state index contributed by atoms with van der Waals surface area (Å²) in [6.07, 6.45) is 0.0214. The zero-order chi connectivity index (χ0) is 9.26. The summed E-state index contributed by atoms with van der Waals surface area (Å²) in [6.45, 7) is 0. The van der Waals surface area contributed by atoms with Crippen LogP contribution in [-0.4, -0.2) is 11.2 Å². The van der Waals surface area contributed by atoms with E-state index in [2.05, 4.69) is 10.0 Å². The van der Waals surface area contributed by atoms with Crippen molar-refractivity contribution in [1.82, 2.24) is 0 Å². The van der Waals surface area contributed by atoms with Crippen molar-refractivity contribution in [3.05, 3.63) is 45.8 Å². The fourth-order valence-corrected chi connectivity index (χ4v) is 1.75. The topological polar surface area (TPSA) is 69.0 Å². The Kier molecular flexibility index (Phi) is 3.12. The Balaban J connectivity index is 0.000000980. The Morgan fingerprint density at radius 2 is 2.14 bits per heavy atom. The highest BCUT2D eigenvalue weighted by atomic mass is 16.3. The Hall–Kier alpha value is -1.51. The van der Waals surface area contributed by atoms with E-state index in [4.69, 9.17) is 5.53 Å². The average Bonchev–Trinajstić information content (AvgIpc) is 2.44. The van der Waals surface area contributed by atoms with Crippen molar-refractivity contribution >= 4 is 0 Å². The van der Waals surface area contributed by atoms with E-state index in [1.165, 1.54) is 0 Å². The minimum absolute atomic E-state index is 0. The lowest BCUT2D eigenvalue weighted by Gasteiger charge is -2.07. The quantitative estimate of drug-likeness (QED) is 0.413. The Labute approximate surface area is 82.8 Å². The molecule has 0 saturated heterocycles. The first-order valence-corrected chi connectivity index (χ1v) is 4.13. The van der Waals surface area contributed by atoms with Gasteiger partial charge in [-0.15, -0.1) is 0 Å². The molecule has 1 aromatic carbocycles. The van der Waals surface area contributed by atoms with Gasteiger partial charge in [0.05, 0.1) is 12.1 Å². The Bertz CT molecular complexity index is 371. The van der Waals surface area contributed by atoms with Crippen LogP contribution in [0, 0.1) is 0 Å². The SMILES string of the molecule is C.[N-]=[N+]=N[C@H]1c2ccccc2C[C@@H]1O. The van der Waals surface area contributed by atoms with E-state index in [1.54, 1.807) is 0 Å². The summed E-state index contributed by atoms with van der Waals surface area (Å²) in [5.74, 6) is 0. The van der Waals surface area contributed by atoms with Crippen molar-refractivity contribution in [3.63, 3.8) is 0 Å². The van der Waals surface area contributed by atoms with Gasteiger partial charge in [0, 0.05) is 4.91 Å². The van der Waals surface area contributed by atoms with Crippen molar-refractivity contribution in [1.29, 1.82) is 0 Å². The molecule has 2 rings (SSSR count). The summed E-state index contributed by atoms with van der Waals surface area (Å²) < 4.78 is 0. The van der Waals surface area contributed by atoms with E-state index in [0.29, 0.717) is 6.42 Å². The largest absolute Gasteiger partial charge is 0.392 e. The van der Waals surface area contributed by atoms with Gasteiger partial charge in [-0.05, 0) is 23.1 Å². The molecule has 0 aromatic heterocycles. The Morgan fingerprint density at radius 1 is 1.43 bits per heavy atom. The van der Waals surface area contributed by atoms with Crippen LogP contribution in [0.2, 0.25) is 0 Å². The van der Waals surface area contributed by atoms with Gasteiger partial charge >= 0.3 is 0 Å². The second kappa shape index (κ2) is 4.13. The van der Waals surface area contributed by atoms with Crippen LogP contribution >= 0.6 is 0 Å². The average molecular weight is 191 g/mol. The van der Waals surface area contributed by atoms with E-state index in [0.717, 1.165) is 11.1 Å². The van der Waals surface area contributed by atoms with Crippen LogP contribution in [0.1, 0.15) is 24.6 Å². The monoisotopic (exact) mass is 191 g/mol. The van der Waals surface area contributed by atoms with Crippen molar-refractivity contribution < 1.29 is 5.11 Å². The predicted octanol–water partition coefficient (Wildman–Crippen LogP) is 2.59. The summed E-state index contributed by atoms with van der Waals surface area (Å²) in [4.78, 5) is 2.73. The zero-order valence-corrected chi connectivity index (χ0v) is 6.96. The molecule has 1 aliphatic rings. The van der Waals surface area contributed by atoms with Crippen LogP contribution in [0.4, 0.5) is 0 Å². The molecular weight excluding hydrogens is 178 g/mol. The lowest BCUT2D eigenvalue weighted by Crippen LogP contribution is -2.10. The zero-order valence-electron chi connectivity index (χ0n) is 6.96. The lowest BCUT2D eigenvalue weighted by atomic mass is 10.1. The second-order valence-electron chi connectivity index (χ2n) is 3.12. The first-order chi connectivity index (χ1) is 6.33. The van der Waals surface area contributed by atoms with Crippen LogP contribution in [0.5, 0.6) is 0 Å². The normalized spacial score (nSPS) is 23.2. The van der Waals surface area contributed by atoms with Gasteiger partial charge in [0.15, 0.2) is 0 Å². The molecular formula is C10H13N3O. The second-order valence-corrected chi connectivity index (χ2v) is 3.12. The first-order valence-electron chi connectivity index (χ1n) is 4.13. The fourth-order valence-electron chi connectivity index (χ4n) is 1.75. The maximum absolute atomic E-state index is 9.58. The number of aliphatic hydroxyl groups is 1. The number of rotatable bonds is 1. The van der Waals surface area contributed by atoms with E-state index >= 15 is 0 Å². The number of fused-ring (bicyclic) bond motifs is 1. The molecule has 0 unspecified atom stereocenters. The standard InChI is InChI=1S/C9H9N3O.CH4/c10-12-11-9-7-4-2-1-3-6(7)5-8(9)13;/h1-4,8-9,13H,5H2;1H4/t8-,9-;/m0./s1. The fraction of sp³-hybridized carbons (Fsp3) is 0.400. The molecule has 74 valence electrons. The van der Waals surface area contributed by atoms with Crippen molar-refractivity contribution in [2.24, 2.45) is 5.11 Å². The van der Waals surface area contributed by atoms with Gasteiger partial charge < -0.3 is 5.11 Å². The Morgan fingerprint density at radius 3 is 2.86 bits per heavy atom. The van der Waals surface area contributed by atoms with E-state index in [-0.39, 0.29) is 7.43 Å². The van der Waals surface area contributed by atoms with Gasteiger partial charge in [-0.1, -0.05) is 36.8 Å². The number of aliphatic hydroxyl groups excluding tert-OH is 1. The number of azide groups is 1. The highest BCUT2D eigenvalue weighted by Crippen LogP contribution is 2.34. The number of benzene rings is 1. The third-order valence-electron chi connectivity index (χ3n) is 2.34. The van der Waals surface area contributed by atoms with Crippen LogP contribution < -0.4 is 0 Å². The summed E-state index contributed by atoms with van der Waals surface area (Å²) in [5.41, 5.74) is 10.3. The molecule has 1 N–H and O–H groups in total. The highest BCUT2D eigenvalue weighted by Gasteiger charge is 2.29. The molecule has 2 atom stereocenters. The summed E-state index contributed by atoms with van der Waals surface area (Å²) in [5, 5.41) is 13.2. The molecule has 1 aliphatic carbocycles. The smallest absolute Gasteiger partial charge is 0.0890 e. The summed E-state index contributed by atoms with van der Waals surface area (Å²) in [6, 6.07) is 7.25. The molecule has 0 heterocycles. The van der Waals surface area contributed by atoms with Gasteiger partial charge in [0.2, 0.25) is 0 Å². The molecule has 0 amide bonds. The third-order valence-corrected chi connectivity index (χ3v) is 2.34. The summed E-state index contributed by atoms with van der Waals surface area (Å²) in [7, 11) is 0. The van der Waals surface area contributed by atoms with Crippen LogP contribution in [-0.2, 0) is 6.42 Å². The van der Waals surface area contributed by atoms with Gasteiger partial charge in [-0.25, -0.2) is 0 Å². The minimum Gasteiger partial charge on any atom is -0.392 e. The molecule has 4 nitrogen and oxygen atoms in total. The van der Waals surface area contributed by atoms with Crippen molar-refractivity contribution in [2.45, 2.75) is 26.0 Å². The van der Waals surface area contributed by atoms with Gasteiger partial charge in [-0.3, -0.25) is 0 Å². The molecule has 0 spiro atoms. The maximum Gasteiger partial charge on any atom is 0.0890 e. The molecule has 0 aliphatic heterocycles. The van der Waals surface area contributed by atoms with E-state index < -0.39 is 12.1 Å². The molecule has 0 saturated carbocycles. The molecule has 0 radical (unpaired) electrons. The number of hydrogen-bond acceptors (Lipinski definition) is 2. The van der Waals surface area contributed by atoms with Gasteiger partial charge in [0.1, 0.15) is 0 Å². The van der Waals surface area contributed by atoms with Crippen LogP contribution in [0.15, 0.2) is 29.4 Å². The van der Waals surface area contributed by atoms with Crippen molar-refractivity contribution in [2.75, 3.05) is 0 Å². The van der Waals surface area contributed by atoms with Gasteiger partial charge in [0.25, 0.3) is 0 Å². The molecule has 14 heavy (non-hydrogen) atoms. The number of hydrogen-bond donors (Lipinski definition) is 1. The highest BCUT2D eigenvalue weighted by molar-refractivity contribution is 5.36. The third kappa shape index (κ3) is 1.58. The molecule has 1 aromatic rings.